The van der Waals surface area contributed by atoms with Gasteiger partial charge in [0.25, 0.3) is 0 Å². The minimum absolute atomic E-state index is 0. The predicted molar refractivity (Wildman–Crippen MR) is 120 cm³/mol. The summed E-state index contributed by atoms with van der Waals surface area (Å²) in [4.78, 5) is 27.0. The second-order valence-electron chi connectivity index (χ2n) is 8.17. The van der Waals surface area contributed by atoms with Crippen LogP contribution in [0.15, 0.2) is 36.4 Å². The number of benzene rings is 2. The first-order valence-corrected chi connectivity index (χ1v) is 10.7. The third-order valence-corrected chi connectivity index (χ3v) is 5.47. The van der Waals surface area contributed by atoms with Gasteiger partial charge in [-0.3, -0.25) is 9.59 Å². The van der Waals surface area contributed by atoms with E-state index in [1.165, 1.54) is 17.0 Å². The molecule has 6 nitrogen and oxygen atoms in total. The van der Waals surface area contributed by atoms with Crippen LogP contribution in [0, 0.1) is 17.5 Å². The molecule has 198 valence electrons. The Hall–Kier alpha value is -2.99. The van der Waals surface area contributed by atoms with E-state index < -0.39 is 53.5 Å². The topological polar surface area (TPSA) is 84.7 Å². The van der Waals surface area contributed by atoms with Crippen LogP contribution in [0.25, 0.3) is 0 Å². The number of rotatable bonds is 7. The zero-order valence-corrected chi connectivity index (χ0v) is 19.6. The lowest BCUT2D eigenvalue weighted by atomic mass is 10.0. The second kappa shape index (κ2) is 12.3. The first-order chi connectivity index (χ1) is 16.4. The number of amides is 2. The lowest BCUT2D eigenvalue weighted by molar-refractivity contribution is -0.274. The number of halogens is 7. The third-order valence-electron chi connectivity index (χ3n) is 5.47. The van der Waals surface area contributed by atoms with Gasteiger partial charge in [0, 0.05) is 38.0 Å². The lowest BCUT2D eigenvalue weighted by Gasteiger charge is -2.29. The van der Waals surface area contributed by atoms with Gasteiger partial charge in [-0.25, -0.2) is 13.2 Å². The summed E-state index contributed by atoms with van der Waals surface area (Å²) in [6.45, 7) is 0.535. The number of nitrogens with two attached hydrogens (primary N) is 1. The van der Waals surface area contributed by atoms with Gasteiger partial charge in [0.1, 0.15) is 17.6 Å². The fourth-order valence-corrected chi connectivity index (χ4v) is 3.84. The summed E-state index contributed by atoms with van der Waals surface area (Å²) in [6, 6.07) is 4.13. The summed E-state index contributed by atoms with van der Waals surface area (Å²) >= 11 is 0. The molecule has 0 spiro atoms. The highest BCUT2D eigenvalue weighted by atomic mass is 35.5. The molecule has 0 aliphatic carbocycles. The first-order valence-electron chi connectivity index (χ1n) is 10.7. The maximum atomic E-state index is 13.9. The van der Waals surface area contributed by atoms with Gasteiger partial charge in [-0.2, -0.15) is 0 Å². The molecule has 0 unspecified atom stereocenters. The number of carbonyl (C=O) groups is 2. The van der Waals surface area contributed by atoms with Crippen LogP contribution in [0.2, 0.25) is 0 Å². The zero-order chi connectivity index (χ0) is 25.8. The number of ether oxygens (including phenoxy) is 1. The number of alkyl halides is 3. The van der Waals surface area contributed by atoms with Crippen molar-refractivity contribution >= 4 is 24.2 Å². The second-order valence-corrected chi connectivity index (χ2v) is 8.17. The van der Waals surface area contributed by atoms with E-state index in [0.717, 1.165) is 12.1 Å². The Morgan fingerprint density at radius 3 is 2.39 bits per heavy atom. The molecule has 1 saturated heterocycles. The van der Waals surface area contributed by atoms with Gasteiger partial charge in [-0.1, -0.05) is 12.1 Å². The summed E-state index contributed by atoms with van der Waals surface area (Å²) in [5.41, 5.74) is 6.28. The van der Waals surface area contributed by atoms with Gasteiger partial charge < -0.3 is 20.7 Å². The molecule has 0 bridgehead atoms. The summed E-state index contributed by atoms with van der Waals surface area (Å²) < 4.78 is 81.5. The molecule has 0 saturated carbocycles. The quantitative estimate of drug-likeness (QED) is 0.416. The van der Waals surface area contributed by atoms with Crippen molar-refractivity contribution in [2.45, 2.75) is 44.1 Å². The SMILES string of the molecule is Cl.N[C@@H](CC(=O)N1CCCNC(=O)[C@H]1Cc1ccc(OC(F)(F)F)cc1)Cc1cc(F)c(F)cc1F. The van der Waals surface area contributed by atoms with Crippen LogP contribution in [0.4, 0.5) is 26.3 Å². The number of carbonyl (C=O) groups excluding carboxylic acids is 2. The Kier molecular flexibility index (Phi) is 10.00. The average Bonchev–Trinajstić information content (AvgIpc) is 2.94. The van der Waals surface area contributed by atoms with Gasteiger partial charge in [0.2, 0.25) is 11.8 Å². The molecule has 2 amide bonds. The van der Waals surface area contributed by atoms with Crippen LogP contribution in [-0.4, -0.2) is 48.2 Å². The molecule has 2 aromatic carbocycles. The number of hydrogen-bond donors (Lipinski definition) is 2. The number of nitrogens with one attached hydrogen (secondary N) is 1. The molecule has 0 radical (unpaired) electrons. The summed E-state index contributed by atoms with van der Waals surface area (Å²) in [7, 11) is 0. The van der Waals surface area contributed by atoms with Crippen molar-refractivity contribution in [2.75, 3.05) is 13.1 Å². The standard InChI is InChI=1S/C23H23F6N3O3.ClH/c24-17-12-19(26)18(25)10-14(17)9-15(30)11-21(33)32-7-1-6-31-22(34)20(32)8-13-2-4-16(5-3-13)35-23(27,28)29;/h2-5,10,12,15,20H,1,6-9,11,30H2,(H,31,34);1H/t15-,20-;/m1./s1. The van der Waals surface area contributed by atoms with Crippen molar-refractivity contribution in [3.05, 3.63) is 65.0 Å². The maximum Gasteiger partial charge on any atom is 0.573 e. The fourth-order valence-electron chi connectivity index (χ4n) is 3.84. The van der Waals surface area contributed by atoms with Crippen LogP contribution in [0.3, 0.4) is 0 Å². The van der Waals surface area contributed by atoms with Crippen LogP contribution in [0.5, 0.6) is 5.75 Å². The Labute approximate surface area is 209 Å². The van der Waals surface area contributed by atoms with E-state index in [1.807, 2.05) is 0 Å². The first kappa shape index (κ1) is 29.2. The molecule has 1 fully saturated rings. The van der Waals surface area contributed by atoms with Crippen molar-refractivity contribution in [1.82, 2.24) is 10.2 Å². The van der Waals surface area contributed by atoms with Crippen LogP contribution >= 0.6 is 12.4 Å². The highest BCUT2D eigenvalue weighted by Gasteiger charge is 2.33. The molecule has 2 aromatic rings. The molecular weight excluding hydrogens is 516 g/mol. The van der Waals surface area contributed by atoms with Crippen molar-refractivity contribution in [2.24, 2.45) is 5.73 Å². The van der Waals surface area contributed by atoms with Gasteiger partial charge in [-0.05, 0) is 42.2 Å². The molecule has 1 heterocycles. The van der Waals surface area contributed by atoms with Crippen molar-refractivity contribution in [3.8, 4) is 5.75 Å². The Morgan fingerprint density at radius 2 is 1.75 bits per heavy atom. The normalized spacial score (nSPS) is 17.0. The minimum atomic E-state index is -4.84. The highest BCUT2D eigenvalue weighted by molar-refractivity contribution is 5.88. The molecule has 0 aromatic heterocycles. The van der Waals surface area contributed by atoms with E-state index in [0.29, 0.717) is 30.7 Å². The monoisotopic (exact) mass is 539 g/mol. The largest absolute Gasteiger partial charge is 0.573 e. The third kappa shape index (κ3) is 8.02. The molecule has 36 heavy (non-hydrogen) atoms. The van der Waals surface area contributed by atoms with E-state index in [4.69, 9.17) is 5.73 Å². The molecule has 1 aliphatic heterocycles. The van der Waals surface area contributed by atoms with E-state index in [2.05, 4.69) is 10.1 Å². The van der Waals surface area contributed by atoms with Crippen molar-refractivity contribution in [3.63, 3.8) is 0 Å². The molecule has 1 aliphatic rings. The van der Waals surface area contributed by atoms with Crippen molar-refractivity contribution in [1.29, 1.82) is 0 Å². The van der Waals surface area contributed by atoms with E-state index in [-0.39, 0.29) is 43.8 Å². The Balaban J connectivity index is 0.00000456. The van der Waals surface area contributed by atoms with Gasteiger partial charge in [-0.15, -0.1) is 25.6 Å². The molecule has 2 atom stereocenters. The van der Waals surface area contributed by atoms with Crippen LogP contribution in [0.1, 0.15) is 24.0 Å². The number of hydrogen-bond acceptors (Lipinski definition) is 4. The Morgan fingerprint density at radius 1 is 1.11 bits per heavy atom. The van der Waals surface area contributed by atoms with Gasteiger partial charge in [0.05, 0.1) is 0 Å². The van der Waals surface area contributed by atoms with Crippen molar-refractivity contribution < 1.29 is 40.7 Å². The predicted octanol–water partition coefficient (Wildman–Crippen LogP) is 3.64. The summed E-state index contributed by atoms with van der Waals surface area (Å²) in [5.74, 6) is -4.93. The van der Waals surface area contributed by atoms with Gasteiger partial charge >= 0.3 is 6.36 Å². The van der Waals surface area contributed by atoms with E-state index in [9.17, 15) is 35.9 Å². The van der Waals surface area contributed by atoms with E-state index in [1.54, 1.807) is 0 Å². The minimum Gasteiger partial charge on any atom is -0.406 e. The van der Waals surface area contributed by atoms with Gasteiger partial charge in [0.15, 0.2) is 11.6 Å². The average molecular weight is 540 g/mol. The van der Waals surface area contributed by atoms with E-state index >= 15 is 0 Å². The lowest BCUT2D eigenvalue weighted by Crippen LogP contribution is -2.49. The zero-order valence-electron chi connectivity index (χ0n) is 18.8. The molecular formula is C23H24ClF6N3O3. The fraction of sp³-hybridized carbons (Fsp3) is 0.391. The molecule has 13 heteroatoms. The van der Waals surface area contributed by atoms with Crippen LogP contribution < -0.4 is 15.8 Å². The van der Waals surface area contributed by atoms with Crippen LogP contribution in [-0.2, 0) is 22.4 Å². The molecule has 3 rings (SSSR count). The summed E-state index contributed by atoms with van der Waals surface area (Å²) in [6.07, 6.45) is -4.88. The number of nitrogens with zero attached hydrogens (tertiary/aromatic N) is 1. The highest BCUT2D eigenvalue weighted by Crippen LogP contribution is 2.24. The smallest absolute Gasteiger partial charge is 0.406 e. The maximum absolute atomic E-state index is 13.9. The molecule has 3 N–H and O–H groups in total. The summed E-state index contributed by atoms with van der Waals surface area (Å²) in [5, 5.41) is 2.69. The Bertz CT molecular complexity index is 1070.